The van der Waals surface area contributed by atoms with Crippen LogP contribution in [0.5, 0.6) is 0 Å². The Morgan fingerprint density at radius 3 is 3.13 bits per heavy atom. The maximum absolute atomic E-state index is 11.9. The summed E-state index contributed by atoms with van der Waals surface area (Å²) < 4.78 is 10.8. The van der Waals surface area contributed by atoms with Gasteiger partial charge in [-0.25, -0.2) is 0 Å². The van der Waals surface area contributed by atoms with Crippen molar-refractivity contribution in [1.29, 1.82) is 0 Å². The van der Waals surface area contributed by atoms with Crippen molar-refractivity contribution in [2.45, 2.75) is 44.8 Å². The van der Waals surface area contributed by atoms with Gasteiger partial charge in [0.1, 0.15) is 0 Å². The van der Waals surface area contributed by atoms with Crippen LogP contribution >= 0.6 is 0 Å². The summed E-state index contributed by atoms with van der Waals surface area (Å²) in [6.45, 7) is 2.23. The predicted octanol–water partition coefficient (Wildman–Crippen LogP) is 0.870. The summed E-state index contributed by atoms with van der Waals surface area (Å²) in [4.78, 5) is 11.9. The highest BCUT2D eigenvalue weighted by molar-refractivity contribution is 5.78. The van der Waals surface area contributed by atoms with Crippen LogP contribution in [0.2, 0.25) is 0 Å². The molecule has 1 N–H and O–H groups in total. The summed E-state index contributed by atoms with van der Waals surface area (Å²) in [5.41, 5.74) is -0.455. The molecule has 0 aromatic carbocycles. The maximum Gasteiger partial charge on any atom is 0.314 e. The summed E-state index contributed by atoms with van der Waals surface area (Å²) in [6.07, 6.45) is 3.17. The molecule has 1 saturated carbocycles. The van der Waals surface area contributed by atoms with Gasteiger partial charge in [0, 0.05) is 0 Å². The van der Waals surface area contributed by atoms with E-state index in [4.69, 9.17) is 14.6 Å². The Morgan fingerprint density at radius 2 is 2.47 bits per heavy atom. The molecule has 2 rings (SSSR count). The molecule has 1 heterocycles. The third-order valence-corrected chi connectivity index (χ3v) is 3.54. The first kappa shape index (κ1) is 10.9. The fourth-order valence-corrected chi connectivity index (χ4v) is 2.86. The summed E-state index contributed by atoms with van der Waals surface area (Å²) in [7, 11) is 0. The highest BCUT2D eigenvalue weighted by atomic mass is 16.5. The van der Waals surface area contributed by atoms with Crippen LogP contribution < -0.4 is 0 Å². The quantitative estimate of drug-likeness (QED) is 0.708. The number of hydrogen-bond donors (Lipinski definition) is 1. The smallest absolute Gasteiger partial charge is 0.314 e. The first-order chi connectivity index (χ1) is 7.23. The number of hydrogen-bond acceptors (Lipinski definition) is 4. The monoisotopic (exact) mass is 214 g/mol. The Morgan fingerprint density at radius 1 is 1.67 bits per heavy atom. The van der Waals surface area contributed by atoms with Crippen LogP contribution in [0.1, 0.15) is 32.6 Å². The minimum absolute atomic E-state index is 0.00233. The van der Waals surface area contributed by atoms with Gasteiger partial charge in [-0.1, -0.05) is 0 Å². The van der Waals surface area contributed by atoms with Crippen molar-refractivity contribution >= 4 is 5.97 Å². The van der Waals surface area contributed by atoms with E-state index in [-0.39, 0.29) is 24.8 Å². The van der Waals surface area contributed by atoms with E-state index in [0.29, 0.717) is 13.0 Å². The number of fused-ring (bicyclic) bond motifs is 1. The Labute approximate surface area is 89.6 Å². The summed E-state index contributed by atoms with van der Waals surface area (Å²) in [5.74, 6) is -0.136. The van der Waals surface area contributed by atoms with Crippen molar-refractivity contribution in [3.05, 3.63) is 0 Å². The Balaban J connectivity index is 2.13. The molecule has 86 valence electrons. The van der Waals surface area contributed by atoms with Crippen LogP contribution in [0, 0.1) is 5.41 Å². The number of aliphatic hydroxyl groups excluding tert-OH is 1. The lowest BCUT2D eigenvalue weighted by Crippen LogP contribution is -2.36. The van der Waals surface area contributed by atoms with Gasteiger partial charge in [-0.15, -0.1) is 0 Å². The van der Waals surface area contributed by atoms with E-state index in [1.807, 2.05) is 6.92 Å². The maximum atomic E-state index is 11.9. The number of rotatable bonds is 3. The van der Waals surface area contributed by atoms with Crippen molar-refractivity contribution < 1.29 is 19.4 Å². The van der Waals surface area contributed by atoms with Crippen LogP contribution in [-0.2, 0) is 14.3 Å². The summed E-state index contributed by atoms with van der Waals surface area (Å²) in [6, 6.07) is 0. The number of ether oxygens (including phenoxy) is 2. The zero-order chi connectivity index (χ0) is 10.9. The largest absolute Gasteiger partial charge is 0.465 e. The van der Waals surface area contributed by atoms with Crippen molar-refractivity contribution in [2.75, 3.05) is 13.2 Å². The Bertz CT molecular complexity index is 253. The Hall–Kier alpha value is -0.610. The average molecular weight is 214 g/mol. The summed E-state index contributed by atoms with van der Waals surface area (Å²) >= 11 is 0. The van der Waals surface area contributed by atoms with E-state index in [9.17, 15) is 4.79 Å². The lowest BCUT2D eigenvalue weighted by molar-refractivity contribution is -0.157. The molecular formula is C11H18O4. The fourth-order valence-electron chi connectivity index (χ4n) is 2.86. The molecule has 0 aromatic heterocycles. The fraction of sp³-hybridized carbons (Fsp3) is 0.909. The van der Waals surface area contributed by atoms with Crippen molar-refractivity contribution in [1.82, 2.24) is 0 Å². The van der Waals surface area contributed by atoms with Crippen LogP contribution in [0.4, 0.5) is 0 Å². The van der Waals surface area contributed by atoms with E-state index in [1.54, 1.807) is 0 Å². The van der Waals surface area contributed by atoms with Crippen molar-refractivity contribution in [2.24, 2.45) is 5.41 Å². The van der Waals surface area contributed by atoms with Gasteiger partial charge in [-0.2, -0.15) is 0 Å². The zero-order valence-electron chi connectivity index (χ0n) is 9.07. The molecule has 1 aliphatic carbocycles. The standard InChI is InChI=1S/C11H18O4/c1-2-14-10(13)11-5-3-4-9(11)15-8(6-11)7-12/h8-9,12H,2-7H2,1H3/t8-,9-,11+/m0/s1. The van der Waals surface area contributed by atoms with Gasteiger partial charge < -0.3 is 14.6 Å². The van der Waals surface area contributed by atoms with E-state index < -0.39 is 5.41 Å². The molecule has 2 aliphatic rings. The molecule has 0 bridgehead atoms. The highest BCUT2D eigenvalue weighted by Crippen LogP contribution is 2.50. The lowest BCUT2D eigenvalue weighted by Gasteiger charge is -2.24. The average Bonchev–Trinajstić information content (AvgIpc) is 2.73. The van der Waals surface area contributed by atoms with Gasteiger partial charge in [0.05, 0.1) is 30.8 Å². The summed E-state index contributed by atoms with van der Waals surface area (Å²) in [5, 5.41) is 9.07. The number of esters is 1. The first-order valence-corrected chi connectivity index (χ1v) is 5.66. The number of carbonyl (C=O) groups is 1. The van der Waals surface area contributed by atoms with E-state index in [2.05, 4.69) is 0 Å². The van der Waals surface area contributed by atoms with Crippen LogP contribution in [0.15, 0.2) is 0 Å². The topological polar surface area (TPSA) is 55.8 Å². The second-order valence-corrected chi connectivity index (χ2v) is 4.40. The third-order valence-electron chi connectivity index (χ3n) is 3.54. The number of aliphatic hydroxyl groups is 1. The molecule has 0 aromatic rings. The van der Waals surface area contributed by atoms with Gasteiger partial charge in [-0.05, 0) is 32.6 Å². The molecule has 0 spiro atoms. The number of carbonyl (C=O) groups excluding carboxylic acids is 1. The highest BCUT2D eigenvalue weighted by Gasteiger charge is 2.57. The molecule has 0 radical (unpaired) electrons. The van der Waals surface area contributed by atoms with Crippen LogP contribution in [0.25, 0.3) is 0 Å². The van der Waals surface area contributed by atoms with Crippen molar-refractivity contribution in [3.63, 3.8) is 0 Å². The first-order valence-electron chi connectivity index (χ1n) is 5.66. The van der Waals surface area contributed by atoms with Gasteiger partial charge in [0.15, 0.2) is 0 Å². The minimum atomic E-state index is -0.455. The minimum Gasteiger partial charge on any atom is -0.465 e. The van der Waals surface area contributed by atoms with Gasteiger partial charge in [0.2, 0.25) is 0 Å². The van der Waals surface area contributed by atoms with E-state index in [1.165, 1.54) is 0 Å². The lowest BCUT2D eigenvalue weighted by atomic mass is 9.81. The van der Waals surface area contributed by atoms with Gasteiger partial charge >= 0.3 is 5.97 Å². The molecule has 4 nitrogen and oxygen atoms in total. The third kappa shape index (κ3) is 1.66. The van der Waals surface area contributed by atoms with Gasteiger partial charge in [0.25, 0.3) is 0 Å². The second-order valence-electron chi connectivity index (χ2n) is 4.40. The predicted molar refractivity (Wildman–Crippen MR) is 53.3 cm³/mol. The molecule has 2 fully saturated rings. The van der Waals surface area contributed by atoms with Crippen LogP contribution in [0.3, 0.4) is 0 Å². The second kappa shape index (κ2) is 4.10. The molecule has 3 atom stereocenters. The SMILES string of the molecule is CCOC(=O)[C@@]12CCC[C@@H]1O[C@H](CO)C2. The molecule has 4 heteroatoms. The molecule has 15 heavy (non-hydrogen) atoms. The van der Waals surface area contributed by atoms with Crippen LogP contribution in [-0.4, -0.2) is 36.5 Å². The van der Waals surface area contributed by atoms with Crippen molar-refractivity contribution in [3.8, 4) is 0 Å². The molecule has 0 amide bonds. The van der Waals surface area contributed by atoms with Gasteiger partial charge in [-0.3, -0.25) is 4.79 Å². The molecule has 1 saturated heterocycles. The molecule has 0 unspecified atom stereocenters. The molecule has 1 aliphatic heterocycles. The van der Waals surface area contributed by atoms with E-state index in [0.717, 1.165) is 19.3 Å². The molecular weight excluding hydrogens is 196 g/mol. The normalized spacial score (nSPS) is 39.1. The van der Waals surface area contributed by atoms with E-state index >= 15 is 0 Å². The zero-order valence-corrected chi connectivity index (χ0v) is 9.07. The Kier molecular flexibility index (Phi) is 2.98.